The van der Waals surface area contributed by atoms with Crippen molar-refractivity contribution in [1.29, 1.82) is 0 Å². The van der Waals surface area contributed by atoms with Gasteiger partial charge in [0.1, 0.15) is 6.04 Å². The van der Waals surface area contributed by atoms with Crippen molar-refractivity contribution in [3.63, 3.8) is 0 Å². The van der Waals surface area contributed by atoms with E-state index < -0.39 is 18.4 Å². The average molecular weight is 306 g/mol. The van der Waals surface area contributed by atoms with E-state index in [-0.39, 0.29) is 4.88 Å². The van der Waals surface area contributed by atoms with Gasteiger partial charge in [-0.1, -0.05) is 0 Å². The van der Waals surface area contributed by atoms with Gasteiger partial charge in [0.05, 0.1) is 0 Å². The third-order valence-corrected chi connectivity index (χ3v) is 3.81. The van der Waals surface area contributed by atoms with Crippen molar-refractivity contribution in [2.24, 2.45) is 0 Å². The maximum atomic E-state index is 13.1. The molecule has 1 unspecified atom stereocenters. The molecule has 1 aromatic rings. The fraction of sp³-hybridized carbons (Fsp3) is 0.500. The van der Waals surface area contributed by atoms with Gasteiger partial charge < -0.3 is 5.32 Å². The highest BCUT2D eigenvalue weighted by Crippen LogP contribution is 2.41. The first-order valence-electron chi connectivity index (χ1n) is 3.97. The van der Waals surface area contributed by atoms with E-state index in [9.17, 15) is 17.6 Å². The highest BCUT2D eigenvalue weighted by atomic mass is 79.9. The van der Waals surface area contributed by atoms with Gasteiger partial charge in [-0.2, -0.15) is 8.78 Å². The van der Waals surface area contributed by atoms with Crippen molar-refractivity contribution in [2.75, 3.05) is 7.05 Å². The first-order chi connectivity index (χ1) is 6.91. The van der Waals surface area contributed by atoms with E-state index in [1.54, 1.807) is 11.4 Å². The number of halogens is 5. The Morgan fingerprint density at radius 2 is 2.07 bits per heavy atom. The van der Waals surface area contributed by atoms with Crippen molar-refractivity contribution < 1.29 is 17.6 Å². The molecule has 86 valence electrons. The zero-order valence-corrected chi connectivity index (χ0v) is 10.0. The maximum absolute atomic E-state index is 13.1. The average Bonchev–Trinajstić information content (AvgIpc) is 2.53. The van der Waals surface area contributed by atoms with Crippen LogP contribution in [0.2, 0.25) is 0 Å². The van der Waals surface area contributed by atoms with Crippen molar-refractivity contribution in [3.05, 3.63) is 20.8 Å². The molecule has 1 atom stereocenters. The summed E-state index contributed by atoms with van der Waals surface area (Å²) in [6.45, 7) is 0. The van der Waals surface area contributed by atoms with Crippen LogP contribution < -0.4 is 5.32 Å². The summed E-state index contributed by atoms with van der Waals surface area (Å²) in [7, 11) is 1.23. The lowest BCUT2D eigenvalue weighted by Crippen LogP contribution is -2.40. The zero-order valence-electron chi connectivity index (χ0n) is 7.61. The summed E-state index contributed by atoms with van der Waals surface area (Å²) in [6, 6.07) is -0.127. The molecule has 0 aromatic carbocycles. The molecule has 0 radical (unpaired) electrons. The molecule has 1 nitrogen and oxygen atoms in total. The van der Waals surface area contributed by atoms with Gasteiger partial charge in [-0.25, -0.2) is 8.78 Å². The van der Waals surface area contributed by atoms with Crippen molar-refractivity contribution in [2.45, 2.75) is 18.4 Å². The smallest absolute Gasteiger partial charge is 0.307 e. The number of thiophene rings is 1. The summed E-state index contributed by atoms with van der Waals surface area (Å²) in [6.07, 6.45) is -3.69. The van der Waals surface area contributed by atoms with E-state index in [2.05, 4.69) is 21.2 Å². The molecular weight excluding hydrogens is 298 g/mol. The molecule has 0 fully saturated rings. The predicted molar refractivity (Wildman–Crippen MR) is 54.8 cm³/mol. The van der Waals surface area contributed by atoms with E-state index in [0.29, 0.717) is 4.47 Å². The van der Waals surface area contributed by atoms with Crippen LogP contribution in [0.25, 0.3) is 0 Å². The fourth-order valence-electron chi connectivity index (χ4n) is 1.14. The van der Waals surface area contributed by atoms with Gasteiger partial charge in [-0.05, 0) is 34.4 Å². The van der Waals surface area contributed by atoms with Crippen LogP contribution in [-0.4, -0.2) is 19.4 Å². The number of hydrogen-bond acceptors (Lipinski definition) is 2. The minimum atomic E-state index is -4.08. The van der Waals surface area contributed by atoms with Crippen LogP contribution in [0.4, 0.5) is 17.6 Å². The number of alkyl halides is 4. The molecule has 1 N–H and O–H groups in total. The van der Waals surface area contributed by atoms with Crippen LogP contribution in [0.5, 0.6) is 0 Å². The second-order valence-corrected chi connectivity index (χ2v) is 4.63. The van der Waals surface area contributed by atoms with Crippen LogP contribution in [0.3, 0.4) is 0 Å². The summed E-state index contributed by atoms with van der Waals surface area (Å²) >= 11 is 4.05. The molecular formula is C8H8BrF4NS. The second-order valence-electron chi connectivity index (χ2n) is 2.83. The SMILES string of the molecule is CNC(c1sccc1Br)C(F)(F)C(F)F. The lowest BCUT2D eigenvalue weighted by atomic mass is 10.1. The quantitative estimate of drug-likeness (QED) is 0.837. The molecule has 1 rings (SSSR count). The highest BCUT2D eigenvalue weighted by molar-refractivity contribution is 9.10. The van der Waals surface area contributed by atoms with Crippen LogP contribution in [0, 0.1) is 0 Å². The van der Waals surface area contributed by atoms with Gasteiger partial charge >= 0.3 is 12.3 Å². The van der Waals surface area contributed by atoms with Gasteiger partial charge in [0.2, 0.25) is 0 Å². The van der Waals surface area contributed by atoms with Gasteiger partial charge in [0.25, 0.3) is 0 Å². The van der Waals surface area contributed by atoms with E-state index >= 15 is 0 Å². The monoisotopic (exact) mass is 305 g/mol. The van der Waals surface area contributed by atoms with E-state index in [1.807, 2.05) is 0 Å². The van der Waals surface area contributed by atoms with Crippen LogP contribution in [0.15, 0.2) is 15.9 Å². The summed E-state index contributed by atoms with van der Waals surface area (Å²) in [5.74, 6) is -4.08. The van der Waals surface area contributed by atoms with Crippen LogP contribution in [0.1, 0.15) is 10.9 Å². The summed E-state index contributed by atoms with van der Waals surface area (Å²) in [5.41, 5.74) is 0. The Morgan fingerprint density at radius 1 is 1.47 bits per heavy atom. The number of hydrogen-bond donors (Lipinski definition) is 1. The molecule has 0 aliphatic carbocycles. The normalized spacial score (nSPS) is 14.6. The largest absolute Gasteiger partial charge is 0.327 e. The Balaban J connectivity index is 3.04. The number of nitrogens with one attached hydrogen (secondary N) is 1. The molecule has 15 heavy (non-hydrogen) atoms. The Labute approximate surface area is 96.6 Å². The minimum absolute atomic E-state index is 0.169. The first kappa shape index (κ1) is 12.9. The van der Waals surface area contributed by atoms with Crippen molar-refractivity contribution >= 4 is 27.3 Å². The van der Waals surface area contributed by atoms with Crippen LogP contribution in [-0.2, 0) is 0 Å². The van der Waals surface area contributed by atoms with Gasteiger partial charge in [0, 0.05) is 9.35 Å². The molecule has 1 aromatic heterocycles. The minimum Gasteiger partial charge on any atom is -0.307 e. The standard InChI is InChI=1S/C8H8BrF4NS/c1-14-6(8(12,13)7(10)11)5-4(9)2-3-15-5/h2-3,6-7,14H,1H3. The molecule has 0 saturated carbocycles. The van der Waals surface area contributed by atoms with Crippen LogP contribution >= 0.6 is 27.3 Å². The lowest BCUT2D eigenvalue weighted by molar-refractivity contribution is -0.149. The lowest BCUT2D eigenvalue weighted by Gasteiger charge is -2.25. The molecule has 0 saturated heterocycles. The summed E-state index contributed by atoms with van der Waals surface area (Å²) in [5, 5.41) is 3.78. The van der Waals surface area contributed by atoms with Gasteiger partial charge in [-0.15, -0.1) is 11.3 Å². The summed E-state index contributed by atoms with van der Waals surface area (Å²) in [4.78, 5) is 0.169. The molecule has 7 heteroatoms. The zero-order chi connectivity index (χ0) is 11.6. The Bertz CT molecular complexity index is 328. The molecule has 0 spiro atoms. The predicted octanol–water partition coefficient (Wildman–Crippen LogP) is 3.67. The molecule has 0 aliphatic heterocycles. The van der Waals surface area contributed by atoms with Gasteiger partial charge in [-0.3, -0.25) is 0 Å². The third-order valence-electron chi connectivity index (χ3n) is 1.87. The third kappa shape index (κ3) is 2.51. The van der Waals surface area contributed by atoms with E-state index in [1.165, 1.54) is 7.05 Å². The molecule has 0 bridgehead atoms. The van der Waals surface area contributed by atoms with E-state index in [4.69, 9.17) is 0 Å². The topological polar surface area (TPSA) is 12.0 Å². The Kier molecular flexibility index (Phi) is 4.13. The van der Waals surface area contributed by atoms with Crippen molar-refractivity contribution in [1.82, 2.24) is 5.32 Å². The Hall–Kier alpha value is -0.140. The fourth-order valence-corrected chi connectivity index (χ4v) is 2.89. The second kappa shape index (κ2) is 4.80. The highest BCUT2D eigenvalue weighted by Gasteiger charge is 2.49. The maximum Gasteiger partial charge on any atom is 0.327 e. The molecule has 0 amide bonds. The summed E-state index contributed by atoms with van der Waals surface area (Å²) < 4.78 is 51.0. The Morgan fingerprint density at radius 3 is 2.40 bits per heavy atom. The molecule has 1 heterocycles. The molecule has 0 aliphatic rings. The first-order valence-corrected chi connectivity index (χ1v) is 5.64. The van der Waals surface area contributed by atoms with E-state index in [0.717, 1.165) is 11.3 Å². The van der Waals surface area contributed by atoms with Gasteiger partial charge in [0.15, 0.2) is 0 Å². The van der Waals surface area contributed by atoms with Crippen molar-refractivity contribution in [3.8, 4) is 0 Å². The number of rotatable bonds is 4.